The second kappa shape index (κ2) is 14.5. The minimum atomic E-state index is -3.80. The lowest BCUT2D eigenvalue weighted by Gasteiger charge is -2.35. The van der Waals surface area contributed by atoms with Crippen molar-refractivity contribution in [3.05, 3.63) is 101 Å². The molecular weight excluding hydrogens is 546 g/mol. The monoisotopic (exact) mass is 589 g/mol. The van der Waals surface area contributed by atoms with Crippen molar-refractivity contribution in [3.63, 3.8) is 0 Å². The first-order valence-corrected chi connectivity index (χ1v) is 16.8. The highest BCUT2D eigenvalue weighted by atomic mass is 32.2. The van der Waals surface area contributed by atoms with E-state index in [1.54, 1.807) is 17.0 Å². The SMILES string of the molecule is CCc1ccccc1N(CC(=O)N(Cc1cccc(C)c1)C(Cc1ccccc1)C(=O)NC1CCCCC1)S(C)(=O)=O. The van der Waals surface area contributed by atoms with Crippen LogP contribution >= 0.6 is 0 Å². The molecule has 224 valence electrons. The van der Waals surface area contributed by atoms with Crippen molar-refractivity contribution in [3.8, 4) is 0 Å². The number of nitrogens with one attached hydrogen (secondary N) is 1. The Kier molecular flexibility index (Phi) is 10.8. The van der Waals surface area contributed by atoms with Gasteiger partial charge in [0.15, 0.2) is 0 Å². The molecular formula is C34H43N3O4S. The molecule has 8 heteroatoms. The van der Waals surface area contributed by atoms with Crippen molar-refractivity contribution in [1.29, 1.82) is 0 Å². The van der Waals surface area contributed by atoms with E-state index in [0.29, 0.717) is 18.5 Å². The Hall–Kier alpha value is -3.65. The number of benzene rings is 3. The fourth-order valence-electron chi connectivity index (χ4n) is 5.75. The van der Waals surface area contributed by atoms with Gasteiger partial charge in [-0.1, -0.05) is 105 Å². The van der Waals surface area contributed by atoms with Crippen LogP contribution in [0.15, 0.2) is 78.9 Å². The normalized spacial score (nSPS) is 14.6. The summed E-state index contributed by atoms with van der Waals surface area (Å²) >= 11 is 0. The first-order chi connectivity index (χ1) is 20.2. The highest BCUT2D eigenvalue weighted by Gasteiger charge is 2.34. The summed E-state index contributed by atoms with van der Waals surface area (Å²) in [5.41, 5.74) is 4.17. The molecule has 1 fully saturated rings. The average molecular weight is 590 g/mol. The third-order valence-electron chi connectivity index (χ3n) is 7.98. The molecule has 1 saturated carbocycles. The van der Waals surface area contributed by atoms with Gasteiger partial charge in [0.1, 0.15) is 12.6 Å². The quantitative estimate of drug-likeness (QED) is 0.306. The van der Waals surface area contributed by atoms with Crippen LogP contribution in [0.1, 0.15) is 61.3 Å². The second-order valence-corrected chi connectivity index (χ2v) is 13.2. The van der Waals surface area contributed by atoms with E-state index in [0.717, 1.165) is 54.2 Å². The number of hydrogen-bond donors (Lipinski definition) is 1. The molecule has 0 saturated heterocycles. The maximum atomic E-state index is 14.3. The van der Waals surface area contributed by atoms with Crippen LogP contribution in [-0.4, -0.2) is 50.0 Å². The minimum absolute atomic E-state index is 0.0735. The molecule has 0 bridgehead atoms. The Morgan fingerprint density at radius 2 is 1.57 bits per heavy atom. The van der Waals surface area contributed by atoms with Gasteiger partial charge < -0.3 is 10.2 Å². The summed E-state index contributed by atoms with van der Waals surface area (Å²) in [6.45, 7) is 3.73. The summed E-state index contributed by atoms with van der Waals surface area (Å²) in [6.07, 6.45) is 7.20. The number of amides is 2. The van der Waals surface area contributed by atoms with E-state index >= 15 is 0 Å². The summed E-state index contributed by atoms with van der Waals surface area (Å²) in [7, 11) is -3.80. The number of anilines is 1. The van der Waals surface area contributed by atoms with Crippen LogP contribution in [0.3, 0.4) is 0 Å². The molecule has 3 aromatic rings. The van der Waals surface area contributed by atoms with Gasteiger partial charge in [-0.25, -0.2) is 8.42 Å². The molecule has 7 nitrogen and oxygen atoms in total. The first-order valence-electron chi connectivity index (χ1n) is 14.9. The molecule has 2 amide bonds. The Morgan fingerprint density at radius 1 is 0.905 bits per heavy atom. The van der Waals surface area contributed by atoms with E-state index in [4.69, 9.17) is 0 Å². The smallest absolute Gasteiger partial charge is 0.244 e. The van der Waals surface area contributed by atoms with E-state index < -0.39 is 28.5 Å². The maximum Gasteiger partial charge on any atom is 0.244 e. The predicted octanol–water partition coefficient (Wildman–Crippen LogP) is 5.41. The van der Waals surface area contributed by atoms with Crippen molar-refractivity contribution in [2.45, 2.75) is 77.4 Å². The van der Waals surface area contributed by atoms with Crippen molar-refractivity contribution < 1.29 is 18.0 Å². The van der Waals surface area contributed by atoms with E-state index in [1.165, 1.54) is 10.7 Å². The van der Waals surface area contributed by atoms with E-state index in [2.05, 4.69) is 5.32 Å². The lowest BCUT2D eigenvalue weighted by atomic mass is 9.94. The molecule has 0 heterocycles. The van der Waals surface area contributed by atoms with Crippen LogP contribution < -0.4 is 9.62 Å². The van der Waals surface area contributed by atoms with Crippen molar-refractivity contribution in [2.24, 2.45) is 0 Å². The standard InChI is InChI=1S/C34H43N3O4S/c1-4-29-18-11-12-21-31(29)37(42(3,40)41)25-33(38)36(24-28-17-13-14-26(2)22-28)32(23-27-15-7-5-8-16-27)34(39)35-30-19-9-6-10-20-30/h5,7-8,11-18,21-22,30,32H,4,6,9-10,19-20,23-25H2,1-3H3,(H,35,39). The molecule has 0 aromatic heterocycles. The molecule has 1 unspecified atom stereocenters. The number of carbonyl (C=O) groups is 2. The zero-order chi connectivity index (χ0) is 30.1. The summed E-state index contributed by atoms with van der Waals surface area (Å²) in [6, 6.07) is 24.0. The number of rotatable bonds is 12. The number of aryl methyl sites for hydroxylation is 2. The van der Waals surface area contributed by atoms with Crippen molar-refractivity contribution >= 4 is 27.5 Å². The van der Waals surface area contributed by atoms with Gasteiger partial charge in [0.2, 0.25) is 21.8 Å². The van der Waals surface area contributed by atoms with E-state index in [9.17, 15) is 18.0 Å². The highest BCUT2D eigenvalue weighted by Crippen LogP contribution is 2.25. The van der Waals surface area contributed by atoms with Gasteiger partial charge >= 0.3 is 0 Å². The molecule has 0 spiro atoms. The molecule has 4 rings (SSSR count). The lowest BCUT2D eigenvalue weighted by Crippen LogP contribution is -2.55. The molecule has 42 heavy (non-hydrogen) atoms. The van der Waals surface area contributed by atoms with Crippen molar-refractivity contribution in [1.82, 2.24) is 10.2 Å². The van der Waals surface area contributed by atoms with Crippen LogP contribution in [0, 0.1) is 6.92 Å². The Bertz CT molecular complexity index is 1450. The van der Waals surface area contributed by atoms with Crippen LogP contribution in [0.4, 0.5) is 5.69 Å². The van der Waals surface area contributed by atoms with Gasteiger partial charge in [0, 0.05) is 19.0 Å². The fraction of sp³-hybridized carbons (Fsp3) is 0.412. The molecule has 3 aromatic carbocycles. The molecule has 0 radical (unpaired) electrons. The maximum absolute atomic E-state index is 14.3. The molecule has 1 aliphatic carbocycles. The summed E-state index contributed by atoms with van der Waals surface area (Å²) in [5.74, 6) is -0.626. The Balaban J connectivity index is 1.74. The van der Waals surface area contributed by atoms with Crippen LogP contribution in [0.5, 0.6) is 0 Å². The molecule has 0 aliphatic heterocycles. The number of carbonyl (C=O) groups excluding carboxylic acids is 2. The minimum Gasteiger partial charge on any atom is -0.352 e. The van der Waals surface area contributed by atoms with Gasteiger partial charge in [0.05, 0.1) is 11.9 Å². The summed E-state index contributed by atoms with van der Waals surface area (Å²) in [5, 5.41) is 3.24. The average Bonchev–Trinajstić information content (AvgIpc) is 2.98. The first kappa shape index (κ1) is 31.3. The van der Waals surface area contributed by atoms with Gasteiger partial charge in [-0.05, 0) is 48.9 Å². The largest absolute Gasteiger partial charge is 0.352 e. The summed E-state index contributed by atoms with van der Waals surface area (Å²) in [4.78, 5) is 29.9. The number of sulfonamides is 1. The van der Waals surface area contributed by atoms with Crippen molar-refractivity contribution in [2.75, 3.05) is 17.1 Å². The topological polar surface area (TPSA) is 86.8 Å². The number of hydrogen-bond acceptors (Lipinski definition) is 4. The van der Waals surface area contributed by atoms with Gasteiger partial charge in [-0.15, -0.1) is 0 Å². The second-order valence-electron chi connectivity index (χ2n) is 11.3. The van der Waals surface area contributed by atoms with Gasteiger partial charge in [-0.2, -0.15) is 0 Å². The summed E-state index contributed by atoms with van der Waals surface area (Å²) < 4.78 is 27.4. The number of nitrogens with zero attached hydrogens (tertiary/aromatic N) is 2. The lowest BCUT2D eigenvalue weighted by molar-refractivity contribution is -0.140. The van der Waals surface area contributed by atoms with Crippen LogP contribution in [-0.2, 0) is 39.0 Å². The van der Waals surface area contributed by atoms with Crippen LogP contribution in [0.25, 0.3) is 0 Å². The predicted molar refractivity (Wildman–Crippen MR) is 169 cm³/mol. The number of para-hydroxylation sites is 1. The molecule has 1 aliphatic rings. The third-order valence-corrected chi connectivity index (χ3v) is 9.10. The van der Waals surface area contributed by atoms with E-state index in [-0.39, 0.29) is 18.5 Å². The fourth-order valence-corrected chi connectivity index (χ4v) is 6.63. The Labute approximate surface area is 251 Å². The Morgan fingerprint density at radius 3 is 2.24 bits per heavy atom. The van der Waals surface area contributed by atoms with E-state index in [1.807, 2.05) is 80.6 Å². The molecule has 1 N–H and O–H groups in total. The highest BCUT2D eigenvalue weighted by molar-refractivity contribution is 7.92. The third kappa shape index (κ3) is 8.44. The zero-order valence-electron chi connectivity index (χ0n) is 25.0. The van der Waals surface area contributed by atoms with Crippen LogP contribution in [0.2, 0.25) is 0 Å². The van der Waals surface area contributed by atoms with Gasteiger partial charge in [0.25, 0.3) is 0 Å². The molecule has 1 atom stereocenters. The zero-order valence-corrected chi connectivity index (χ0v) is 25.8. The van der Waals surface area contributed by atoms with Gasteiger partial charge in [-0.3, -0.25) is 13.9 Å².